The van der Waals surface area contributed by atoms with Gasteiger partial charge in [0.2, 0.25) is 0 Å². The zero-order valence-electron chi connectivity index (χ0n) is 12.3. The largest absolute Gasteiger partial charge is 0.481 e. The molecule has 1 aromatic rings. The van der Waals surface area contributed by atoms with E-state index in [1.54, 1.807) is 19.9 Å². The van der Waals surface area contributed by atoms with Crippen LogP contribution in [-0.4, -0.2) is 28.5 Å². The molecule has 0 saturated heterocycles. The van der Waals surface area contributed by atoms with Gasteiger partial charge in [0.25, 0.3) is 11.5 Å². The van der Waals surface area contributed by atoms with Crippen LogP contribution >= 0.6 is 0 Å². The minimum Gasteiger partial charge on any atom is -0.481 e. The molecule has 1 heterocycles. The van der Waals surface area contributed by atoms with Crippen molar-refractivity contribution in [2.24, 2.45) is 5.41 Å². The SMILES string of the molecule is Cc1cc(C)c(C(=O)NCC2(CC(=O)O)CCC2)c(=O)[nH]1. The molecule has 0 bridgehead atoms. The lowest BCUT2D eigenvalue weighted by Crippen LogP contribution is -2.44. The number of rotatable bonds is 5. The van der Waals surface area contributed by atoms with Gasteiger partial charge >= 0.3 is 5.97 Å². The molecule has 21 heavy (non-hydrogen) atoms. The van der Waals surface area contributed by atoms with Crippen molar-refractivity contribution in [1.82, 2.24) is 10.3 Å². The van der Waals surface area contributed by atoms with Gasteiger partial charge in [0, 0.05) is 12.2 Å². The summed E-state index contributed by atoms with van der Waals surface area (Å²) in [6, 6.07) is 1.74. The topological polar surface area (TPSA) is 99.3 Å². The zero-order valence-corrected chi connectivity index (χ0v) is 12.3. The molecular formula is C15H20N2O4. The summed E-state index contributed by atoms with van der Waals surface area (Å²) in [5.74, 6) is -1.29. The summed E-state index contributed by atoms with van der Waals surface area (Å²) in [4.78, 5) is 37.6. The fourth-order valence-electron chi connectivity index (χ4n) is 2.91. The Labute approximate surface area is 122 Å². The van der Waals surface area contributed by atoms with Crippen LogP contribution in [-0.2, 0) is 4.79 Å². The predicted molar refractivity (Wildman–Crippen MR) is 77.4 cm³/mol. The van der Waals surface area contributed by atoms with E-state index in [9.17, 15) is 14.4 Å². The Kier molecular flexibility index (Phi) is 4.16. The molecule has 3 N–H and O–H groups in total. The molecule has 1 saturated carbocycles. The molecule has 2 rings (SSSR count). The highest BCUT2D eigenvalue weighted by Crippen LogP contribution is 2.43. The molecule has 0 unspecified atom stereocenters. The second-order valence-corrected chi connectivity index (χ2v) is 5.95. The molecule has 0 atom stereocenters. The Balaban J connectivity index is 2.09. The fraction of sp³-hybridized carbons (Fsp3) is 0.533. The second kappa shape index (κ2) is 5.71. The molecule has 6 heteroatoms. The third-order valence-electron chi connectivity index (χ3n) is 4.16. The molecular weight excluding hydrogens is 272 g/mol. The first-order valence-electron chi connectivity index (χ1n) is 7.03. The number of carboxylic acid groups (broad SMARTS) is 1. The van der Waals surface area contributed by atoms with Crippen LogP contribution in [0.25, 0.3) is 0 Å². The number of aryl methyl sites for hydroxylation is 2. The highest BCUT2D eigenvalue weighted by Gasteiger charge is 2.39. The third-order valence-corrected chi connectivity index (χ3v) is 4.16. The normalized spacial score (nSPS) is 16.1. The number of carbonyl (C=O) groups is 2. The van der Waals surface area contributed by atoms with E-state index in [1.807, 2.05) is 0 Å². The number of hydrogen-bond donors (Lipinski definition) is 3. The number of hydrogen-bond acceptors (Lipinski definition) is 3. The van der Waals surface area contributed by atoms with Gasteiger partial charge in [-0.15, -0.1) is 0 Å². The van der Waals surface area contributed by atoms with Gasteiger partial charge in [-0.1, -0.05) is 6.42 Å². The number of nitrogens with one attached hydrogen (secondary N) is 2. The van der Waals surface area contributed by atoms with Crippen LogP contribution < -0.4 is 10.9 Å². The number of pyridine rings is 1. The van der Waals surface area contributed by atoms with Crippen LogP contribution in [0.5, 0.6) is 0 Å². The Morgan fingerprint density at radius 3 is 2.52 bits per heavy atom. The van der Waals surface area contributed by atoms with Crippen LogP contribution in [0.3, 0.4) is 0 Å². The van der Waals surface area contributed by atoms with E-state index in [2.05, 4.69) is 10.3 Å². The standard InChI is InChI=1S/C15H20N2O4/c1-9-6-10(2)17-14(21)12(9)13(20)16-8-15(4-3-5-15)7-11(18)19/h6H,3-5,7-8H2,1-2H3,(H,16,20)(H,17,21)(H,18,19). The van der Waals surface area contributed by atoms with Gasteiger partial charge in [0.05, 0.1) is 6.42 Å². The molecule has 1 aromatic heterocycles. The second-order valence-electron chi connectivity index (χ2n) is 5.95. The van der Waals surface area contributed by atoms with E-state index in [4.69, 9.17) is 5.11 Å². The van der Waals surface area contributed by atoms with Crippen molar-refractivity contribution in [3.05, 3.63) is 33.2 Å². The Bertz CT molecular complexity index is 629. The Hall–Kier alpha value is -2.11. The molecule has 1 aliphatic carbocycles. The maximum Gasteiger partial charge on any atom is 0.303 e. The summed E-state index contributed by atoms with van der Waals surface area (Å²) in [5, 5.41) is 11.7. The number of amides is 1. The lowest BCUT2D eigenvalue weighted by molar-refractivity contribution is -0.141. The van der Waals surface area contributed by atoms with Gasteiger partial charge in [-0.05, 0) is 43.7 Å². The van der Waals surface area contributed by atoms with E-state index in [0.717, 1.165) is 19.3 Å². The van der Waals surface area contributed by atoms with Crippen molar-refractivity contribution < 1.29 is 14.7 Å². The van der Waals surface area contributed by atoms with Gasteiger partial charge < -0.3 is 15.4 Å². The minimum atomic E-state index is -0.853. The zero-order chi connectivity index (χ0) is 15.6. The van der Waals surface area contributed by atoms with E-state index >= 15 is 0 Å². The number of aliphatic carboxylic acids is 1. The van der Waals surface area contributed by atoms with Gasteiger partial charge in [-0.2, -0.15) is 0 Å². The maximum absolute atomic E-state index is 12.2. The molecule has 0 spiro atoms. The Morgan fingerprint density at radius 1 is 1.38 bits per heavy atom. The van der Waals surface area contributed by atoms with Gasteiger partial charge in [0.15, 0.2) is 0 Å². The molecule has 0 aromatic carbocycles. The van der Waals surface area contributed by atoms with Crippen molar-refractivity contribution in [2.45, 2.75) is 39.5 Å². The monoisotopic (exact) mass is 292 g/mol. The number of carboxylic acids is 1. The molecule has 1 aliphatic rings. The summed E-state index contributed by atoms with van der Waals surface area (Å²) in [7, 11) is 0. The smallest absolute Gasteiger partial charge is 0.303 e. The Morgan fingerprint density at radius 2 is 2.05 bits per heavy atom. The predicted octanol–water partition coefficient (Wildman–Crippen LogP) is 1.37. The number of H-pyrrole nitrogens is 1. The van der Waals surface area contributed by atoms with Crippen molar-refractivity contribution in [2.75, 3.05) is 6.54 Å². The van der Waals surface area contributed by atoms with Crippen LogP contribution in [0, 0.1) is 19.3 Å². The first-order chi connectivity index (χ1) is 9.83. The summed E-state index contributed by atoms with van der Waals surface area (Å²) >= 11 is 0. The van der Waals surface area contributed by atoms with E-state index in [-0.39, 0.29) is 17.4 Å². The van der Waals surface area contributed by atoms with E-state index in [1.165, 1.54) is 0 Å². The fourth-order valence-corrected chi connectivity index (χ4v) is 2.91. The van der Waals surface area contributed by atoms with Gasteiger partial charge in [-0.3, -0.25) is 14.4 Å². The van der Waals surface area contributed by atoms with Crippen molar-refractivity contribution in [1.29, 1.82) is 0 Å². The highest BCUT2D eigenvalue weighted by atomic mass is 16.4. The number of aromatic nitrogens is 1. The summed E-state index contributed by atoms with van der Waals surface area (Å²) in [5.41, 5.74) is 0.661. The summed E-state index contributed by atoms with van der Waals surface area (Å²) < 4.78 is 0. The number of aromatic amines is 1. The van der Waals surface area contributed by atoms with Crippen LogP contribution in [0.4, 0.5) is 0 Å². The van der Waals surface area contributed by atoms with E-state index < -0.39 is 17.4 Å². The molecule has 0 aliphatic heterocycles. The lowest BCUT2D eigenvalue weighted by atomic mass is 9.66. The van der Waals surface area contributed by atoms with E-state index in [0.29, 0.717) is 17.8 Å². The average Bonchev–Trinajstić information content (AvgIpc) is 2.30. The van der Waals surface area contributed by atoms with Crippen LogP contribution in [0.15, 0.2) is 10.9 Å². The highest BCUT2D eigenvalue weighted by molar-refractivity contribution is 5.95. The van der Waals surface area contributed by atoms with Gasteiger partial charge in [-0.25, -0.2) is 0 Å². The molecule has 0 radical (unpaired) electrons. The van der Waals surface area contributed by atoms with Crippen LogP contribution in [0.1, 0.15) is 47.3 Å². The average molecular weight is 292 g/mol. The summed E-state index contributed by atoms with van der Waals surface area (Å²) in [6.07, 6.45) is 2.62. The van der Waals surface area contributed by atoms with Crippen molar-refractivity contribution in [3.63, 3.8) is 0 Å². The van der Waals surface area contributed by atoms with Crippen LogP contribution in [0.2, 0.25) is 0 Å². The first-order valence-corrected chi connectivity index (χ1v) is 7.03. The van der Waals surface area contributed by atoms with Gasteiger partial charge in [0.1, 0.15) is 5.56 Å². The maximum atomic E-state index is 12.2. The lowest BCUT2D eigenvalue weighted by Gasteiger charge is -2.40. The molecule has 1 amide bonds. The summed E-state index contributed by atoms with van der Waals surface area (Å²) in [6.45, 7) is 3.77. The first kappa shape index (κ1) is 15.3. The molecule has 6 nitrogen and oxygen atoms in total. The number of carbonyl (C=O) groups excluding carboxylic acids is 1. The minimum absolute atomic E-state index is 0.0521. The van der Waals surface area contributed by atoms with Crippen molar-refractivity contribution >= 4 is 11.9 Å². The molecule has 114 valence electrons. The molecule has 1 fully saturated rings. The third kappa shape index (κ3) is 3.32. The van der Waals surface area contributed by atoms with Crippen molar-refractivity contribution in [3.8, 4) is 0 Å². The quantitative estimate of drug-likeness (QED) is 0.763.